The number of nitrogens with zero attached hydrogens (tertiary/aromatic N) is 3. The molecule has 2 aliphatic heterocycles. The molecular formula is C28H34ClN3. The number of halogens is 1. The summed E-state index contributed by atoms with van der Waals surface area (Å²) in [7, 11) is 0. The highest BCUT2D eigenvalue weighted by Crippen LogP contribution is 2.63. The number of aliphatic imine (C=N–C) groups is 1. The molecule has 0 amide bonds. The normalized spacial score (nSPS) is 34.6. The summed E-state index contributed by atoms with van der Waals surface area (Å²) >= 11 is 6.75. The molecule has 0 radical (unpaired) electrons. The molecule has 2 saturated carbocycles. The molecule has 3 aliphatic carbocycles. The summed E-state index contributed by atoms with van der Waals surface area (Å²) in [4.78, 5) is 9.94. The van der Waals surface area contributed by atoms with Crippen LogP contribution in [0, 0.1) is 41.4 Å². The number of aryl methyl sites for hydroxylation is 1. The lowest BCUT2D eigenvalue weighted by atomic mass is 10.0. The maximum atomic E-state index is 6.75. The number of hydrogen-bond donors (Lipinski definition) is 0. The van der Waals surface area contributed by atoms with Crippen molar-refractivity contribution in [2.45, 2.75) is 34.6 Å². The van der Waals surface area contributed by atoms with Crippen molar-refractivity contribution in [2.24, 2.45) is 39.5 Å². The van der Waals surface area contributed by atoms with Gasteiger partial charge in [0.15, 0.2) is 0 Å². The van der Waals surface area contributed by atoms with E-state index in [1.807, 2.05) is 0 Å². The molecule has 168 valence electrons. The number of anilines is 1. The highest BCUT2D eigenvalue weighted by atomic mass is 35.5. The lowest BCUT2D eigenvalue weighted by Gasteiger charge is -2.27. The highest BCUT2D eigenvalue weighted by Gasteiger charge is 2.62. The van der Waals surface area contributed by atoms with Gasteiger partial charge in [-0.2, -0.15) is 0 Å². The van der Waals surface area contributed by atoms with Crippen molar-refractivity contribution in [1.82, 2.24) is 4.90 Å². The first-order valence-corrected chi connectivity index (χ1v) is 12.4. The smallest absolute Gasteiger partial charge is 0.0854 e. The molecule has 3 nitrogen and oxygen atoms in total. The standard InChI is InChI=1S/C28H34ClN3/c1-16-9-18(31-12-20-21(13-31)27(20,3)4)7-8-25(16)30-26-17(2)10-19(11-24(26)29)32-14-22-23(15-32)28(22,5)6/h7-11,20-23H,1,12-15H2,2-6H3. The molecule has 5 aliphatic rings. The zero-order valence-electron chi connectivity index (χ0n) is 20.0. The van der Waals surface area contributed by atoms with Crippen molar-refractivity contribution in [2.75, 3.05) is 31.1 Å². The Morgan fingerprint density at radius 1 is 0.906 bits per heavy atom. The highest BCUT2D eigenvalue weighted by molar-refractivity contribution is 6.33. The molecule has 6 rings (SSSR count). The summed E-state index contributed by atoms with van der Waals surface area (Å²) < 4.78 is 0. The first-order chi connectivity index (χ1) is 15.1. The van der Waals surface area contributed by atoms with Gasteiger partial charge in [0, 0.05) is 37.6 Å². The Balaban J connectivity index is 1.18. The van der Waals surface area contributed by atoms with E-state index < -0.39 is 0 Å². The van der Waals surface area contributed by atoms with Crippen molar-refractivity contribution >= 4 is 28.7 Å². The molecule has 0 N–H and O–H groups in total. The van der Waals surface area contributed by atoms with Gasteiger partial charge in [0.25, 0.3) is 0 Å². The van der Waals surface area contributed by atoms with Crippen LogP contribution in [0.25, 0.3) is 0 Å². The molecule has 2 heterocycles. The second-order valence-electron chi connectivity index (χ2n) is 11.9. The van der Waals surface area contributed by atoms with Crippen LogP contribution in [0.2, 0.25) is 5.02 Å². The van der Waals surface area contributed by atoms with Gasteiger partial charge in [-0.3, -0.25) is 0 Å². The molecule has 0 spiro atoms. The molecule has 1 aromatic carbocycles. The van der Waals surface area contributed by atoms with E-state index in [0.29, 0.717) is 10.8 Å². The van der Waals surface area contributed by atoms with Gasteiger partial charge in [0.1, 0.15) is 0 Å². The van der Waals surface area contributed by atoms with E-state index >= 15 is 0 Å². The molecule has 32 heavy (non-hydrogen) atoms. The summed E-state index contributed by atoms with van der Waals surface area (Å²) in [5, 5.41) is 0.727. The third-order valence-electron chi connectivity index (χ3n) is 9.51. The monoisotopic (exact) mass is 447 g/mol. The van der Waals surface area contributed by atoms with E-state index in [2.05, 4.69) is 81.4 Å². The molecule has 4 fully saturated rings. The third kappa shape index (κ3) is 2.96. The lowest BCUT2D eigenvalue weighted by Crippen LogP contribution is -2.26. The number of rotatable bonds is 3. The molecular weight excluding hydrogens is 414 g/mol. The van der Waals surface area contributed by atoms with Crippen LogP contribution in [0.3, 0.4) is 0 Å². The molecule has 1 aromatic rings. The van der Waals surface area contributed by atoms with Gasteiger partial charge >= 0.3 is 0 Å². The predicted molar refractivity (Wildman–Crippen MR) is 135 cm³/mol. The number of hydrogen-bond acceptors (Lipinski definition) is 3. The van der Waals surface area contributed by atoms with Gasteiger partial charge < -0.3 is 9.80 Å². The topological polar surface area (TPSA) is 18.8 Å². The Morgan fingerprint density at radius 3 is 2.00 bits per heavy atom. The zero-order valence-corrected chi connectivity index (χ0v) is 20.7. The van der Waals surface area contributed by atoms with Crippen LogP contribution in [0.4, 0.5) is 11.4 Å². The fourth-order valence-electron chi connectivity index (χ4n) is 6.73. The fraction of sp³-hybridized carbons (Fsp3) is 0.536. The summed E-state index contributed by atoms with van der Waals surface area (Å²) in [6.07, 6.45) is 6.49. The van der Waals surface area contributed by atoms with Gasteiger partial charge in [-0.15, -0.1) is 0 Å². The Kier molecular flexibility index (Phi) is 4.20. The first-order valence-electron chi connectivity index (χ1n) is 12.0. The maximum absolute atomic E-state index is 6.75. The fourth-order valence-corrected chi connectivity index (χ4v) is 7.03. The zero-order chi connectivity index (χ0) is 22.6. The van der Waals surface area contributed by atoms with Gasteiger partial charge in [-0.1, -0.05) is 45.9 Å². The average Bonchev–Trinajstić information content (AvgIpc) is 3.23. The number of fused-ring (bicyclic) bond motifs is 2. The van der Waals surface area contributed by atoms with Gasteiger partial charge in [-0.25, -0.2) is 4.99 Å². The molecule has 4 heteroatoms. The summed E-state index contributed by atoms with van der Waals surface area (Å²) in [5.41, 5.74) is 7.41. The summed E-state index contributed by atoms with van der Waals surface area (Å²) in [6, 6.07) is 4.35. The molecule has 4 unspecified atom stereocenters. The molecule has 2 saturated heterocycles. The summed E-state index contributed by atoms with van der Waals surface area (Å²) in [5.74, 6) is 3.33. The van der Waals surface area contributed by atoms with Gasteiger partial charge in [-0.05, 0) is 82.9 Å². The maximum Gasteiger partial charge on any atom is 0.0854 e. The van der Waals surface area contributed by atoms with E-state index in [1.54, 1.807) is 0 Å². The van der Waals surface area contributed by atoms with Crippen LogP contribution in [0.5, 0.6) is 0 Å². The van der Waals surface area contributed by atoms with Crippen molar-refractivity contribution in [3.63, 3.8) is 0 Å². The van der Waals surface area contributed by atoms with Crippen molar-refractivity contribution < 1.29 is 0 Å². The number of benzene rings is 1. The van der Waals surface area contributed by atoms with Crippen LogP contribution in [0.1, 0.15) is 33.3 Å². The molecule has 0 aromatic heterocycles. The molecule has 4 atom stereocenters. The van der Waals surface area contributed by atoms with Crippen LogP contribution >= 0.6 is 11.6 Å². The first kappa shape index (κ1) is 20.6. The number of likely N-dealkylation sites (tertiary alicyclic amines) is 1. The number of piperidine rings is 2. The van der Waals surface area contributed by atoms with Gasteiger partial charge in [0.2, 0.25) is 0 Å². The second kappa shape index (κ2) is 6.53. The minimum atomic E-state index is 0.521. The van der Waals surface area contributed by atoms with E-state index in [9.17, 15) is 0 Å². The Bertz CT molecular complexity index is 1070. The minimum Gasteiger partial charge on any atom is -0.371 e. The Hall–Kier alpha value is -2.00. The van der Waals surface area contributed by atoms with Crippen molar-refractivity contribution in [1.29, 1.82) is 0 Å². The van der Waals surface area contributed by atoms with E-state index in [-0.39, 0.29) is 0 Å². The third-order valence-corrected chi connectivity index (χ3v) is 9.80. The van der Waals surface area contributed by atoms with Crippen molar-refractivity contribution in [3.05, 3.63) is 58.8 Å². The Morgan fingerprint density at radius 2 is 1.47 bits per heavy atom. The Labute approximate surface area is 197 Å². The number of allylic oxidation sites excluding steroid dienone is 4. The quantitative estimate of drug-likeness (QED) is 0.533. The van der Waals surface area contributed by atoms with Crippen LogP contribution in [-0.4, -0.2) is 36.8 Å². The lowest BCUT2D eigenvalue weighted by molar-refractivity contribution is 0.320. The van der Waals surface area contributed by atoms with E-state index in [4.69, 9.17) is 16.6 Å². The molecule has 0 bridgehead atoms. The average molecular weight is 448 g/mol. The van der Waals surface area contributed by atoms with Crippen LogP contribution in [-0.2, 0) is 0 Å². The van der Waals surface area contributed by atoms with E-state index in [0.717, 1.165) is 77.4 Å². The van der Waals surface area contributed by atoms with Crippen molar-refractivity contribution in [3.8, 4) is 0 Å². The van der Waals surface area contributed by atoms with E-state index in [1.165, 1.54) is 11.4 Å². The van der Waals surface area contributed by atoms with Gasteiger partial charge in [0.05, 0.1) is 16.4 Å². The van der Waals surface area contributed by atoms with Crippen LogP contribution < -0.4 is 4.90 Å². The largest absolute Gasteiger partial charge is 0.371 e. The summed E-state index contributed by atoms with van der Waals surface area (Å²) in [6.45, 7) is 20.6. The minimum absolute atomic E-state index is 0.521. The predicted octanol–water partition coefficient (Wildman–Crippen LogP) is 6.41. The SMILES string of the molecule is C=C1C=C(N2CC3C(C2)C3(C)C)C=CC1=Nc1c(C)cc(N2CC3C(C2)C3(C)C)cc1Cl. The van der Waals surface area contributed by atoms with Crippen LogP contribution in [0.15, 0.2) is 53.2 Å². The second-order valence-corrected chi connectivity index (χ2v) is 12.3.